The van der Waals surface area contributed by atoms with Crippen molar-refractivity contribution in [3.8, 4) is 10.7 Å². The maximum Gasteiger partial charge on any atom is 0.404 e. The van der Waals surface area contributed by atoms with Gasteiger partial charge < -0.3 is 14.6 Å². The molecule has 0 aliphatic heterocycles. The van der Waals surface area contributed by atoms with Gasteiger partial charge in [0, 0.05) is 6.42 Å². The summed E-state index contributed by atoms with van der Waals surface area (Å²) in [5, 5.41) is 21.9. The SMILES string of the molecule is O=[N+]([O-])c1nn(C23CC4CC(CC(Cc5nc(-c6cccs6)no5)(C4)C2)C3)cc1Br. The first-order valence-corrected chi connectivity index (χ1v) is 11.9. The van der Waals surface area contributed by atoms with Crippen LogP contribution >= 0.6 is 27.3 Å². The Labute approximate surface area is 184 Å². The normalized spacial score (nSPS) is 32.0. The Kier molecular flexibility index (Phi) is 4.02. The second-order valence-electron chi connectivity index (χ2n) is 9.35. The number of halogens is 1. The summed E-state index contributed by atoms with van der Waals surface area (Å²) in [6.07, 6.45) is 9.18. The number of thiophene rings is 1. The molecular formula is C20H20BrN5O3S. The maximum atomic E-state index is 11.3. The minimum Gasteiger partial charge on any atom is -0.358 e. The van der Waals surface area contributed by atoms with E-state index in [-0.39, 0.29) is 16.8 Å². The van der Waals surface area contributed by atoms with E-state index in [1.165, 1.54) is 6.42 Å². The van der Waals surface area contributed by atoms with Gasteiger partial charge in [-0.3, -0.25) is 0 Å². The van der Waals surface area contributed by atoms with Gasteiger partial charge in [-0.1, -0.05) is 11.2 Å². The molecule has 4 bridgehead atoms. The van der Waals surface area contributed by atoms with E-state index < -0.39 is 4.92 Å². The lowest BCUT2D eigenvalue weighted by atomic mass is 9.46. The van der Waals surface area contributed by atoms with Crippen LogP contribution in [0.25, 0.3) is 10.7 Å². The quantitative estimate of drug-likeness (QED) is 0.360. The van der Waals surface area contributed by atoms with Crippen molar-refractivity contribution in [3.63, 3.8) is 0 Å². The molecule has 0 spiro atoms. The molecule has 0 saturated heterocycles. The molecule has 4 fully saturated rings. The Morgan fingerprint density at radius 3 is 2.80 bits per heavy atom. The van der Waals surface area contributed by atoms with E-state index in [4.69, 9.17) is 4.52 Å². The first kappa shape index (κ1) is 18.7. The predicted octanol–water partition coefficient (Wildman–Crippen LogP) is 5.20. The van der Waals surface area contributed by atoms with E-state index in [1.54, 1.807) is 17.5 Å². The van der Waals surface area contributed by atoms with E-state index in [9.17, 15) is 10.1 Å². The van der Waals surface area contributed by atoms with Gasteiger partial charge in [-0.2, -0.15) is 9.67 Å². The first-order chi connectivity index (χ1) is 14.4. The van der Waals surface area contributed by atoms with E-state index in [2.05, 4.69) is 31.2 Å². The molecule has 0 radical (unpaired) electrons. The van der Waals surface area contributed by atoms with E-state index in [0.29, 0.717) is 28.0 Å². The summed E-state index contributed by atoms with van der Waals surface area (Å²) in [6.45, 7) is 0. The number of aromatic nitrogens is 4. The van der Waals surface area contributed by atoms with Gasteiger partial charge in [0.15, 0.2) is 0 Å². The number of hydrogen-bond donors (Lipinski definition) is 0. The zero-order chi connectivity index (χ0) is 20.5. The average molecular weight is 490 g/mol. The molecule has 30 heavy (non-hydrogen) atoms. The molecule has 0 amide bonds. The highest BCUT2D eigenvalue weighted by molar-refractivity contribution is 9.10. The van der Waals surface area contributed by atoms with Crippen molar-refractivity contribution < 1.29 is 9.45 Å². The van der Waals surface area contributed by atoms with Gasteiger partial charge in [0.2, 0.25) is 11.7 Å². The Morgan fingerprint density at radius 2 is 2.13 bits per heavy atom. The minimum atomic E-state index is -0.415. The molecule has 4 aliphatic carbocycles. The summed E-state index contributed by atoms with van der Waals surface area (Å²) in [5.74, 6) is 2.49. The van der Waals surface area contributed by atoms with Crippen LogP contribution in [0.2, 0.25) is 0 Å². The van der Waals surface area contributed by atoms with Crippen LogP contribution in [-0.4, -0.2) is 24.8 Å². The van der Waals surface area contributed by atoms with E-state index in [1.807, 2.05) is 22.2 Å². The highest BCUT2D eigenvalue weighted by Gasteiger charge is 2.60. The Hall–Kier alpha value is -2.07. The zero-order valence-corrected chi connectivity index (χ0v) is 18.6. The lowest BCUT2D eigenvalue weighted by Crippen LogP contribution is -2.57. The standard InChI is InChI=1S/C20H20BrN5O3S/c21-14-10-25(23-18(14)26(27)28)20-7-12-4-13(8-20)6-19(5-12,11-20)9-16-22-17(24-29-16)15-2-1-3-30-15/h1-3,10,12-13H,4-9,11H2. The third-order valence-electron chi connectivity index (χ3n) is 7.20. The van der Waals surface area contributed by atoms with Crippen LogP contribution < -0.4 is 0 Å². The molecule has 0 aromatic carbocycles. The fourth-order valence-corrected chi connectivity index (χ4v) is 7.81. The predicted molar refractivity (Wildman–Crippen MR) is 113 cm³/mol. The molecule has 2 atom stereocenters. The highest BCUT2D eigenvalue weighted by Crippen LogP contribution is 2.65. The lowest BCUT2D eigenvalue weighted by molar-refractivity contribution is -0.390. The Morgan fingerprint density at radius 1 is 1.33 bits per heavy atom. The first-order valence-electron chi connectivity index (χ1n) is 10.2. The maximum absolute atomic E-state index is 11.3. The van der Waals surface area contributed by atoms with E-state index >= 15 is 0 Å². The highest BCUT2D eigenvalue weighted by atomic mass is 79.9. The topological polar surface area (TPSA) is 99.9 Å². The number of rotatable bonds is 5. The molecule has 2 unspecified atom stereocenters. The molecule has 0 N–H and O–H groups in total. The summed E-state index contributed by atoms with van der Waals surface area (Å²) in [5.41, 5.74) is -0.0615. The van der Waals surface area contributed by atoms with Crippen LogP contribution in [0.1, 0.15) is 44.4 Å². The smallest absolute Gasteiger partial charge is 0.358 e. The van der Waals surface area contributed by atoms with Crippen molar-refractivity contribution in [3.05, 3.63) is 44.2 Å². The van der Waals surface area contributed by atoms with Gasteiger partial charge in [-0.15, -0.1) is 11.3 Å². The summed E-state index contributed by atoms with van der Waals surface area (Å²) >= 11 is 4.93. The monoisotopic (exact) mass is 489 g/mol. The summed E-state index contributed by atoms with van der Waals surface area (Å²) in [7, 11) is 0. The number of nitro groups is 1. The zero-order valence-electron chi connectivity index (χ0n) is 16.2. The van der Waals surface area contributed by atoms with Crippen molar-refractivity contribution in [2.45, 2.75) is 50.5 Å². The fraction of sp³-hybridized carbons (Fsp3) is 0.550. The molecule has 3 aromatic rings. The molecule has 8 nitrogen and oxygen atoms in total. The molecule has 4 saturated carbocycles. The molecule has 156 valence electrons. The lowest BCUT2D eigenvalue weighted by Gasteiger charge is -2.61. The van der Waals surface area contributed by atoms with Crippen LogP contribution in [0.4, 0.5) is 5.82 Å². The summed E-state index contributed by atoms with van der Waals surface area (Å²) < 4.78 is 8.00. The van der Waals surface area contributed by atoms with Gasteiger partial charge in [-0.05, 0) is 88.1 Å². The Bertz CT molecular complexity index is 1110. The van der Waals surface area contributed by atoms with Crippen molar-refractivity contribution in [1.29, 1.82) is 0 Å². The number of hydrogen-bond acceptors (Lipinski definition) is 7. The Balaban J connectivity index is 1.33. The fourth-order valence-electron chi connectivity index (χ4n) is 6.74. The molecule has 10 heteroatoms. The van der Waals surface area contributed by atoms with Gasteiger partial charge >= 0.3 is 5.82 Å². The summed E-state index contributed by atoms with van der Waals surface area (Å²) in [6, 6.07) is 3.99. The van der Waals surface area contributed by atoms with Crippen molar-refractivity contribution in [1.82, 2.24) is 19.9 Å². The third-order valence-corrected chi connectivity index (χ3v) is 8.62. The van der Waals surface area contributed by atoms with Crippen molar-refractivity contribution >= 4 is 33.1 Å². The minimum absolute atomic E-state index is 0.0938. The largest absolute Gasteiger partial charge is 0.404 e. The average Bonchev–Trinajstić information content (AvgIpc) is 3.40. The van der Waals surface area contributed by atoms with Crippen LogP contribution in [0.5, 0.6) is 0 Å². The van der Waals surface area contributed by atoms with Gasteiger partial charge in [-0.25, -0.2) is 0 Å². The third kappa shape index (κ3) is 2.87. The van der Waals surface area contributed by atoms with Crippen LogP contribution in [-0.2, 0) is 12.0 Å². The van der Waals surface area contributed by atoms with Crippen LogP contribution in [0.3, 0.4) is 0 Å². The van der Waals surface area contributed by atoms with Gasteiger partial charge in [0.25, 0.3) is 0 Å². The summed E-state index contributed by atoms with van der Waals surface area (Å²) in [4.78, 5) is 16.6. The van der Waals surface area contributed by atoms with Crippen molar-refractivity contribution in [2.75, 3.05) is 0 Å². The van der Waals surface area contributed by atoms with Gasteiger partial charge in [0.05, 0.1) is 21.7 Å². The molecule has 3 heterocycles. The van der Waals surface area contributed by atoms with Crippen LogP contribution in [0, 0.1) is 27.4 Å². The number of nitrogens with zero attached hydrogens (tertiary/aromatic N) is 5. The second-order valence-corrected chi connectivity index (χ2v) is 11.2. The molecular weight excluding hydrogens is 470 g/mol. The van der Waals surface area contributed by atoms with Crippen LogP contribution in [0.15, 0.2) is 32.7 Å². The second kappa shape index (κ2) is 6.46. The van der Waals surface area contributed by atoms with Crippen molar-refractivity contribution in [2.24, 2.45) is 17.3 Å². The molecule has 3 aromatic heterocycles. The van der Waals surface area contributed by atoms with E-state index in [0.717, 1.165) is 43.4 Å². The van der Waals surface area contributed by atoms with Gasteiger partial charge in [0.1, 0.15) is 4.47 Å². The molecule has 7 rings (SSSR count). The molecule has 4 aliphatic rings.